The minimum absolute atomic E-state index is 0.290. The summed E-state index contributed by atoms with van der Waals surface area (Å²) < 4.78 is 1.96. The molecule has 0 atom stereocenters. The Kier molecular flexibility index (Phi) is 2.46. The maximum atomic E-state index is 9.21. The lowest BCUT2D eigenvalue weighted by atomic mass is 10.1. The Morgan fingerprint density at radius 2 is 1.93 bits per heavy atom. The van der Waals surface area contributed by atoms with Crippen molar-refractivity contribution >= 4 is 0 Å². The summed E-state index contributed by atoms with van der Waals surface area (Å²) in [5.41, 5.74) is 3.19. The van der Waals surface area contributed by atoms with Crippen LogP contribution >= 0.6 is 0 Å². The lowest BCUT2D eigenvalue weighted by Gasteiger charge is -2.04. The lowest BCUT2D eigenvalue weighted by molar-refractivity contribution is 0.475. The van der Waals surface area contributed by atoms with Gasteiger partial charge in [0, 0.05) is 12.1 Å². The predicted molar refractivity (Wildman–Crippen MR) is 59.7 cm³/mol. The third kappa shape index (κ3) is 1.86. The van der Waals surface area contributed by atoms with Crippen LogP contribution < -0.4 is 0 Å². The summed E-state index contributed by atoms with van der Waals surface area (Å²) in [6, 6.07) is 9.24. The number of aromatic nitrogens is 2. The molecule has 0 bridgehead atoms. The van der Waals surface area contributed by atoms with Crippen molar-refractivity contribution in [2.24, 2.45) is 0 Å². The Morgan fingerprint density at radius 1 is 1.27 bits per heavy atom. The van der Waals surface area contributed by atoms with Crippen LogP contribution in [0.15, 0.2) is 30.3 Å². The third-order valence-corrected chi connectivity index (χ3v) is 2.36. The third-order valence-electron chi connectivity index (χ3n) is 2.36. The van der Waals surface area contributed by atoms with Crippen molar-refractivity contribution < 1.29 is 5.11 Å². The molecule has 0 saturated carbocycles. The second-order valence-corrected chi connectivity index (χ2v) is 3.53. The highest BCUT2D eigenvalue weighted by Gasteiger charge is 2.05. The molecule has 0 fully saturated rings. The van der Waals surface area contributed by atoms with Crippen LogP contribution in [-0.2, 0) is 6.54 Å². The number of hydrogen-bond donors (Lipinski definition) is 1. The van der Waals surface area contributed by atoms with Gasteiger partial charge < -0.3 is 5.11 Å². The van der Waals surface area contributed by atoms with Gasteiger partial charge in [-0.25, -0.2) is 0 Å². The molecule has 0 spiro atoms. The number of aromatic hydroxyl groups is 1. The normalized spacial score (nSPS) is 10.5. The molecule has 0 unspecified atom stereocenters. The van der Waals surface area contributed by atoms with Crippen LogP contribution in [0.4, 0.5) is 0 Å². The Labute approximate surface area is 89.0 Å². The summed E-state index contributed by atoms with van der Waals surface area (Å²) >= 11 is 0. The molecule has 0 amide bonds. The number of phenolic OH excluding ortho intramolecular Hbond substituents is 1. The van der Waals surface area contributed by atoms with E-state index in [1.165, 1.54) is 0 Å². The zero-order valence-electron chi connectivity index (χ0n) is 8.94. The monoisotopic (exact) mass is 202 g/mol. The molecule has 0 saturated heterocycles. The first kappa shape index (κ1) is 9.77. The van der Waals surface area contributed by atoms with E-state index in [2.05, 4.69) is 18.1 Å². The first-order valence-electron chi connectivity index (χ1n) is 5.04. The molecule has 0 aliphatic carbocycles. The Bertz CT molecular complexity index is 457. The summed E-state index contributed by atoms with van der Waals surface area (Å²) in [6.07, 6.45) is 0. The van der Waals surface area contributed by atoms with E-state index in [-0.39, 0.29) is 5.75 Å². The van der Waals surface area contributed by atoms with Crippen LogP contribution in [0.2, 0.25) is 0 Å². The molecule has 3 nitrogen and oxygen atoms in total. The van der Waals surface area contributed by atoms with E-state index in [0.29, 0.717) is 0 Å². The van der Waals surface area contributed by atoms with Crippen molar-refractivity contribution in [3.63, 3.8) is 0 Å². The second-order valence-electron chi connectivity index (χ2n) is 3.53. The lowest BCUT2D eigenvalue weighted by Crippen LogP contribution is -1.98. The minimum Gasteiger partial charge on any atom is -0.508 e. The van der Waals surface area contributed by atoms with Crippen LogP contribution in [0.3, 0.4) is 0 Å². The summed E-state index contributed by atoms with van der Waals surface area (Å²) in [5.74, 6) is 0.290. The molecular formula is C12H14N2O. The van der Waals surface area contributed by atoms with Crippen molar-refractivity contribution in [2.45, 2.75) is 20.4 Å². The van der Waals surface area contributed by atoms with E-state index < -0.39 is 0 Å². The highest BCUT2D eigenvalue weighted by Crippen LogP contribution is 2.22. The fourth-order valence-electron chi connectivity index (χ4n) is 1.65. The van der Waals surface area contributed by atoms with Crippen molar-refractivity contribution in [1.29, 1.82) is 0 Å². The fourth-order valence-corrected chi connectivity index (χ4v) is 1.65. The van der Waals surface area contributed by atoms with E-state index in [9.17, 15) is 5.11 Å². The van der Waals surface area contributed by atoms with Crippen molar-refractivity contribution in [1.82, 2.24) is 9.78 Å². The smallest absolute Gasteiger partial charge is 0.115 e. The molecule has 1 aromatic heterocycles. The largest absolute Gasteiger partial charge is 0.508 e. The topological polar surface area (TPSA) is 38.0 Å². The van der Waals surface area contributed by atoms with E-state index in [1.807, 2.05) is 23.7 Å². The molecule has 0 aliphatic heterocycles. The van der Waals surface area contributed by atoms with Gasteiger partial charge in [0.25, 0.3) is 0 Å². The van der Waals surface area contributed by atoms with Crippen LogP contribution in [0.5, 0.6) is 5.75 Å². The van der Waals surface area contributed by atoms with Gasteiger partial charge in [-0.05, 0) is 44.2 Å². The summed E-state index contributed by atoms with van der Waals surface area (Å²) in [6.45, 7) is 4.90. The molecule has 15 heavy (non-hydrogen) atoms. The van der Waals surface area contributed by atoms with Crippen LogP contribution in [-0.4, -0.2) is 14.9 Å². The molecule has 2 aromatic rings. The maximum Gasteiger partial charge on any atom is 0.115 e. The maximum absolute atomic E-state index is 9.21. The van der Waals surface area contributed by atoms with Crippen molar-refractivity contribution in [3.8, 4) is 17.0 Å². The highest BCUT2D eigenvalue weighted by molar-refractivity contribution is 5.60. The molecular weight excluding hydrogens is 188 g/mol. The van der Waals surface area contributed by atoms with Gasteiger partial charge in [-0.2, -0.15) is 5.10 Å². The van der Waals surface area contributed by atoms with Gasteiger partial charge in [0.05, 0.1) is 11.4 Å². The molecule has 0 radical (unpaired) electrons. The zero-order chi connectivity index (χ0) is 10.8. The molecule has 1 aromatic carbocycles. The number of phenols is 1. The summed E-state index contributed by atoms with van der Waals surface area (Å²) in [7, 11) is 0. The molecule has 1 heterocycles. The van der Waals surface area contributed by atoms with Gasteiger partial charge in [-0.3, -0.25) is 4.68 Å². The highest BCUT2D eigenvalue weighted by atomic mass is 16.3. The number of rotatable bonds is 2. The van der Waals surface area contributed by atoms with Gasteiger partial charge >= 0.3 is 0 Å². The van der Waals surface area contributed by atoms with Gasteiger partial charge in [-0.15, -0.1) is 0 Å². The van der Waals surface area contributed by atoms with Crippen molar-refractivity contribution in [2.75, 3.05) is 0 Å². The van der Waals surface area contributed by atoms with Gasteiger partial charge in [-0.1, -0.05) is 0 Å². The number of hydrogen-bond acceptors (Lipinski definition) is 2. The van der Waals surface area contributed by atoms with E-state index in [0.717, 1.165) is 23.5 Å². The van der Waals surface area contributed by atoms with Gasteiger partial charge in [0.1, 0.15) is 5.75 Å². The van der Waals surface area contributed by atoms with Crippen LogP contribution in [0, 0.1) is 6.92 Å². The van der Waals surface area contributed by atoms with Crippen LogP contribution in [0.1, 0.15) is 12.6 Å². The quantitative estimate of drug-likeness (QED) is 0.812. The summed E-state index contributed by atoms with van der Waals surface area (Å²) in [5, 5.41) is 13.6. The Morgan fingerprint density at radius 3 is 2.53 bits per heavy atom. The zero-order valence-corrected chi connectivity index (χ0v) is 8.94. The SMILES string of the molecule is CCn1nc(C)cc1-c1ccc(O)cc1. The van der Waals surface area contributed by atoms with Crippen LogP contribution in [0.25, 0.3) is 11.3 Å². The Balaban J connectivity index is 2.48. The Hall–Kier alpha value is -1.77. The molecule has 0 aliphatic rings. The molecule has 78 valence electrons. The van der Waals surface area contributed by atoms with E-state index in [1.54, 1.807) is 12.1 Å². The van der Waals surface area contributed by atoms with E-state index >= 15 is 0 Å². The number of aryl methyl sites for hydroxylation is 2. The first-order chi connectivity index (χ1) is 7.20. The number of nitrogens with zero attached hydrogens (tertiary/aromatic N) is 2. The molecule has 2 rings (SSSR count). The number of benzene rings is 1. The van der Waals surface area contributed by atoms with Gasteiger partial charge in [0.2, 0.25) is 0 Å². The molecule has 1 N–H and O–H groups in total. The average Bonchev–Trinajstić information content (AvgIpc) is 2.61. The van der Waals surface area contributed by atoms with Crippen molar-refractivity contribution in [3.05, 3.63) is 36.0 Å². The summed E-state index contributed by atoms with van der Waals surface area (Å²) in [4.78, 5) is 0. The fraction of sp³-hybridized carbons (Fsp3) is 0.250. The predicted octanol–water partition coefficient (Wildman–Crippen LogP) is 2.58. The second kappa shape index (κ2) is 3.77. The molecule has 3 heteroatoms. The average molecular weight is 202 g/mol. The minimum atomic E-state index is 0.290. The first-order valence-corrected chi connectivity index (χ1v) is 5.04. The standard InChI is InChI=1S/C12H14N2O/c1-3-14-12(8-9(2)13-14)10-4-6-11(15)7-5-10/h4-8,15H,3H2,1-2H3. The van der Waals surface area contributed by atoms with Gasteiger partial charge in [0.15, 0.2) is 0 Å². The van der Waals surface area contributed by atoms with E-state index in [4.69, 9.17) is 0 Å².